The van der Waals surface area contributed by atoms with E-state index in [9.17, 15) is 9.59 Å². The van der Waals surface area contributed by atoms with Gasteiger partial charge in [-0.05, 0) is 6.42 Å². The Labute approximate surface area is 71.2 Å². The van der Waals surface area contributed by atoms with Crippen LogP contribution >= 0.6 is 0 Å². The molecule has 0 radical (unpaired) electrons. The van der Waals surface area contributed by atoms with Crippen LogP contribution in [0.5, 0.6) is 0 Å². The van der Waals surface area contributed by atoms with Crippen LogP contribution in [0, 0.1) is 5.92 Å². The van der Waals surface area contributed by atoms with Crippen LogP contribution in [0.1, 0.15) is 20.3 Å². The lowest BCUT2D eigenvalue weighted by Crippen LogP contribution is -2.56. The van der Waals surface area contributed by atoms with E-state index in [1.165, 1.54) is 4.90 Å². The van der Waals surface area contributed by atoms with E-state index in [1.807, 2.05) is 0 Å². The molecule has 1 unspecified atom stereocenters. The predicted octanol–water partition coefficient (Wildman–Crippen LogP) is 0.328. The summed E-state index contributed by atoms with van der Waals surface area (Å²) in [6.45, 7) is 4.15. The maximum absolute atomic E-state index is 11.3. The summed E-state index contributed by atoms with van der Waals surface area (Å²) in [4.78, 5) is 23.3. The lowest BCUT2D eigenvalue weighted by molar-refractivity contribution is -0.158. The Kier molecular flexibility index (Phi) is 2.35. The van der Waals surface area contributed by atoms with Crippen molar-refractivity contribution in [2.45, 2.75) is 26.3 Å². The number of rotatable bonds is 2. The first-order valence-corrected chi connectivity index (χ1v) is 4.07. The van der Waals surface area contributed by atoms with Gasteiger partial charge in [-0.1, -0.05) is 13.8 Å². The average molecular weight is 171 g/mol. The molecule has 1 saturated heterocycles. The third-order valence-electron chi connectivity index (χ3n) is 2.08. The predicted molar refractivity (Wildman–Crippen MR) is 42.6 cm³/mol. The number of carboxylic acid groups (broad SMARTS) is 1. The SMILES string of the molecule is CC(C)C(=O)N1CCC1C(=O)O. The standard InChI is InChI=1S/C8H13NO3/c1-5(2)7(10)9-4-3-6(9)8(11)12/h5-6H,3-4H2,1-2H3,(H,11,12). The fraction of sp³-hybridized carbons (Fsp3) is 0.750. The van der Waals surface area contributed by atoms with Crippen molar-refractivity contribution >= 4 is 11.9 Å². The Bertz CT molecular complexity index is 212. The van der Waals surface area contributed by atoms with Crippen LogP contribution in [0.4, 0.5) is 0 Å². The monoisotopic (exact) mass is 171 g/mol. The molecule has 4 heteroatoms. The smallest absolute Gasteiger partial charge is 0.326 e. The highest BCUT2D eigenvalue weighted by molar-refractivity contribution is 5.86. The third-order valence-corrected chi connectivity index (χ3v) is 2.08. The molecular formula is C8H13NO3. The molecule has 1 amide bonds. The van der Waals surface area contributed by atoms with Crippen LogP contribution < -0.4 is 0 Å². The third kappa shape index (κ3) is 1.42. The van der Waals surface area contributed by atoms with Crippen molar-refractivity contribution < 1.29 is 14.7 Å². The number of likely N-dealkylation sites (tertiary alicyclic amines) is 1. The second kappa shape index (κ2) is 3.13. The number of hydrogen-bond acceptors (Lipinski definition) is 2. The molecule has 0 aliphatic carbocycles. The molecule has 4 nitrogen and oxygen atoms in total. The number of nitrogens with zero attached hydrogens (tertiary/aromatic N) is 1. The van der Waals surface area contributed by atoms with E-state index >= 15 is 0 Å². The second-order valence-corrected chi connectivity index (χ2v) is 3.33. The highest BCUT2D eigenvalue weighted by Gasteiger charge is 2.37. The normalized spacial score (nSPS) is 22.2. The minimum atomic E-state index is -0.893. The summed E-state index contributed by atoms with van der Waals surface area (Å²) in [5.41, 5.74) is 0. The van der Waals surface area contributed by atoms with Crippen molar-refractivity contribution in [3.05, 3.63) is 0 Å². The molecule has 1 N–H and O–H groups in total. The molecule has 1 heterocycles. The zero-order valence-corrected chi connectivity index (χ0v) is 7.28. The minimum Gasteiger partial charge on any atom is -0.480 e. The molecule has 0 aromatic rings. The van der Waals surface area contributed by atoms with E-state index < -0.39 is 12.0 Å². The van der Waals surface area contributed by atoms with Crippen LogP contribution in [0.25, 0.3) is 0 Å². The first-order chi connectivity index (χ1) is 5.54. The van der Waals surface area contributed by atoms with Gasteiger partial charge in [-0.2, -0.15) is 0 Å². The highest BCUT2D eigenvalue weighted by atomic mass is 16.4. The molecule has 68 valence electrons. The Hall–Kier alpha value is -1.06. The molecule has 1 aliphatic heterocycles. The maximum Gasteiger partial charge on any atom is 0.326 e. The van der Waals surface area contributed by atoms with E-state index in [-0.39, 0.29) is 11.8 Å². The van der Waals surface area contributed by atoms with Gasteiger partial charge in [0.25, 0.3) is 0 Å². The molecule has 0 aromatic carbocycles. The quantitative estimate of drug-likeness (QED) is 0.651. The molecule has 0 saturated carbocycles. The molecule has 0 aromatic heterocycles. The Balaban J connectivity index is 2.55. The van der Waals surface area contributed by atoms with Crippen LogP contribution in [0.2, 0.25) is 0 Å². The molecular weight excluding hydrogens is 158 g/mol. The van der Waals surface area contributed by atoms with Crippen LogP contribution in [-0.2, 0) is 9.59 Å². The van der Waals surface area contributed by atoms with E-state index in [0.29, 0.717) is 13.0 Å². The van der Waals surface area contributed by atoms with Crippen molar-refractivity contribution in [1.82, 2.24) is 4.90 Å². The number of carboxylic acids is 1. The van der Waals surface area contributed by atoms with E-state index in [0.717, 1.165) is 0 Å². The number of amides is 1. The van der Waals surface area contributed by atoms with E-state index in [4.69, 9.17) is 5.11 Å². The van der Waals surface area contributed by atoms with Gasteiger partial charge in [-0.15, -0.1) is 0 Å². The van der Waals surface area contributed by atoms with E-state index in [2.05, 4.69) is 0 Å². The molecule has 12 heavy (non-hydrogen) atoms. The van der Waals surface area contributed by atoms with Gasteiger partial charge in [0.15, 0.2) is 0 Å². The highest BCUT2D eigenvalue weighted by Crippen LogP contribution is 2.19. The molecule has 0 spiro atoms. The van der Waals surface area contributed by atoms with E-state index in [1.54, 1.807) is 13.8 Å². The van der Waals surface area contributed by atoms with Crippen LogP contribution in [-0.4, -0.2) is 34.5 Å². The van der Waals surface area contributed by atoms with Gasteiger partial charge in [-0.25, -0.2) is 4.79 Å². The summed E-state index contributed by atoms with van der Waals surface area (Å²) in [6, 6.07) is -0.570. The van der Waals surface area contributed by atoms with Gasteiger partial charge in [0.1, 0.15) is 6.04 Å². The Morgan fingerprint density at radius 3 is 2.33 bits per heavy atom. The maximum atomic E-state index is 11.3. The van der Waals surface area contributed by atoms with Crippen molar-refractivity contribution in [3.8, 4) is 0 Å². The number of hydrogen-bond donors (Lipinski definition) is 1. The molecule has 1 aliphatic rings. The Morgan fingerprint density at radius 1 is 1.50 bits per heavy atom. The summed E-state index contributed by atoms with van der Waals surface area (Å²) in [6.07, 6.45) is 0.591. The molecule has 1 rings (SSSR count). The van der Waals surface area contributed by atoms with Crippen LogP contribution in [0.15, 0.2) is 0 Å². The molecule has 1 fully saturated rings. The number of aliphatic carboxylic acids is 1. The van der Waals surface area contributed by atoms with Crippen LogP contribution in [0.3, 0.4) is 0 Å². The number of carbonyl (C=O) groups excluding carboxylic acids is 1. The first kappa shape index (κ1) is 9.03. The summed E-state index contributed by atoms with van der Waals surface area (Å²) < 4.78 is 0. The lowest BCUT2D eigenvalue weighted by atomic mass is 10.0. The van der Waals surface area contributed by atoms with Gasteiger partial charge in [0.05, 0.1) is 0 Å². The first-order valence-electron chi connectivity index (χ1n) is 4.07. The van der Waals surface area contributed by atoms with Gasteiger partial charge in [-0.3, -0.25) is 4.79 Å². The minimum absolute atomic E-state index is 0.0614. The van der Waals surface area contributed by atoms with Gasteiger partial charge >= 0.3 is 5.97 Å². The van der Waals surface area contributed by atoms with Crippen molar-refractivity contribution in [3.63, 3.8) is 0 Å². The lowest BCUT2D eigenvalue weighted by Gasteiger charge is -2.39. The van der Waals surface area contributed by atoms with Crippen molar-refractivity contribution in [1.29, 1.82) is 0 Å². The summed E-state index contributed by atoms with van der Waals surface area (Å²) in [7, 11) is 0. The summed E-state index contributed by atoms with van der Waals surface area (Å²) in [5, 5.41) is 8.64. The van der Waals surface area contributed by atoms with Gasteiger partial charge < -0.3 is 10.0 Å². The second-order valence-electron chi connectivity index (χ2n) is 3.33. The largest absolute Gasteiger partial charge is 0.480 e. The fourth-order valence-electron chi connectivity index (χ4n) is 1.24. The number of carbonyl (C=O) groups is 2. The molecule has 1 atom stereocenters. The van der Waals surface area contributed by atoms with Crippen molar-refractivity contribution in [2.75, 3.05) is 6.54 Å². The van der Waals surface area contributed by atoms with Crippen molar-refractivity contribution in [2.24, 2.45) is 5.92 Å². The summed E-state index contributed by atoms with van der Waals surface area (Å²) in [5.74, 6) is -1.06. The Morgan fingerprint density at radius 2 is 2.08 bits per heavy atom. The van der Waals surface area contributed by atoms with Gasteiger partial charge in [0, 0.05) is 12.5 Å². The average Bonchev–Trinajstić information content (AvgIpc) is 1.82. The summed E-state index contributed by atoms with van der Waals surface area (Å²) >= 11 is 0. The zero-order chi connectivity index (χ0) is 9.30. The topological polar surface area (TPSA) is 57.6 Å². The van der Waals surface area contributed by atoms with Gasteiger partial charge in [0.2, 0.25) is 5.91 Å². The fourth-order valence-corrected chi connectivity index (χ4v) is 1.24. The molecule has 0 bridgehead atoms. The zero-order valence-electron chi connectivity index (χ0n) is 7.28.